The van der Waals surface area contributed by atoms with Crippen LogP contribution in [-0.4, -0.2) is 48.6 Å². The van der Waals surface area contributed by atoms with Gasteiger partial charge < -0.3 is 9.64 Å². The summed E-state index contributed by atoms with van der Waals surface area (Å²) in [7, 11) is 4.88. The highest BCUT2D eigenvalue weighted by Crippen LogP contribution is 2.19. The summed E-state index contributed by atoms with van der Waals surface area (Å²) < 4.78 is 5.28. The molecule has 21 heavy (non-hydrogen) atoms. The van der Waals surface area contributed by atoms with Gasteiger partial charge in [0.15, 0.2) is 0 Å². The van der Waals surface area contributed by atoms with Gasteiger partial charge in [0, 0.05) is 39.0 Å². The van der Waals surface area contributed by atoms with E-state index in [0.717, 1.165) is 11.3 Å². The Morgan fingerprint density at radius 2 is 2.10 bits per heavy atom. The molecule has 0 bridgehead atoms. The van der Waals surface area contributed by atoms with E-state index in [1.54, 1.807) is 26.1 Å². The second-order valence-corrected chi connectivity index (χ2v) is 4.94. The van der Waals surface area contributed by atoms with Crippen LogP contribution in [0.15, 0.2) is 29.4 Å². The normalized spacial score (nSPS) is 14.7. The molecule has 6 nitrogen and oxygen atoms in total. The first-order valence-corrected chi connectivity index (χ1v) is 6.74. The maximum atomic E-state index is 12.4. The number of amides is 2. The third-order valence-corrected chi connectivity index (χ3v) is 3.40. The van der Waals surface area contributed by atoms with E-state index in [-0.39, 0.29) is 11.8 Å². The van der Waals surface area contributed by atoms with Crippen LogP contribution in [0.4, 0.5) is 0 Å². The predicted molar refractivity (Wildman–Crippen MR) is 78.9 cm³/mol. The minimum Gasteiger partial charge on any atom is -0.496 e. The number of methoxy groups -OCH3 is 1. The summed E-state index contributed by atoms with van der Waals surface area (Å²) in [6.07, 6.45) is 0.710. The van der Waals surface area contributed by atoms with Gasteiger partial charge in [-0.1, -0.05) is 18.2 Å². The zero-order valence-electron chi connectivity index (χ0n) is 12.5. The first-order chi connectivity index (χ1) is 10.0. The second-order valence-electron chi connectivity index (χ2n) is 4.94. The fraction of sp³-hybridized carbons (Fsp3) is 0.400. The number of ether oxygens (including phenoxy) is 1. The molecule has 6 heteroatoms. The van der Waals surface area contributed by atoms with Crippen molar-refractivity contribution < 1.29 is 14.3 Å². The average molecular weight is 289 g/mol. The van der Waals surface area contributed by atoms with Crippen molar-refractivity contribution in [1.82, 2.24) is 9.91 Å². The molecule has 1 aliphatic heterocycles. The number of nitrogens with zero attached hydrogens (tertiary/aromatic N) is 3. The Hall–Kier alpha value is -2.37. The van der Waals surface area contributed by atoms with Gasteiger partial charge in [-0.3, -0.25) is 9.59 Å². The van der Waals surface area contributed by atoms with E-state index in [9.17, 15) is 9.59 Å². The lowest BCUT2D eigenvalue weighted by molar-refractivity contribution is -0.130. The van der Waals surface area contributed by atoms with Crippen LogP contribution < -0.4 is 4.74 Å². The summed E-state index contributed by atoms with van der Waals surface area (Å²) in [5.74, 6) is 0.509. The van der Waals surface area contributed by atoms with Crippen molar-refractivity contribution in [2.24, 2.45) is 5.10 Å². The number of benzene rings is 1. The number of para-hydroxylation sites is 1. The van der Waals surface area contributed by atoms with Gasteiger partial charge in [0.05, 0.1) is 7.11 Å². The van der Waals surface area contributed by atoms with E-state index >= 15 is 0 Å². The number of hydrogen-bond donors (Lipinski definition) is 0. The minimum absolute atomic E-state index is 0.0704. The molecule has 112 valence electrons. The molecule has 0 atom stereocenters. The molecule has 0 aliphatic carbocycles. The Kier molecular flexibility index (Phi) is 4.57. The van der Waals surface area contributed by atoms with E-state index in [2.05, 4.69) is 5.10 Å². The zero-order valence-corrected chi connectivity index (χ0v) is 12.5. The van der Waals surface area contributed by atoms with Crippen molar-refractivity contribution >= 4 is 17.5 Å². The zero-order chi connectivity index (χ0) is 15.4. The molecule has 2 amide bonds. The fourth-order valence-corrected chi connectivity index (χ4v) is 2.20. The molecule has 0 N–H and O–H groups in total. The van der Waals surface area contributed by atoms with Crippen LogP contribution >= 0.6 is 0 Å². The first kappa shape index (κ1) is 15.0. The highest BCUT2D eigenvalue weighted by atomic mass is 16.5. The Bertz CT molecular complexity index is 583. The van der Waals surface area contributed by atoms with Crippen LogP contribution in [0.25, 0.3) is 0 Å². The molecule has 1 aromatic carbocycles. The molecule has 1 aromatic rings. The molecule has 0 aromatic heterocycles. The summed E-state index contributed by atoms with van der Waals surface area (Å²) in [6, 6.07) is 7.57. The average Bonchev–Trinajstić information content (AvgIpc) is 2.49. The Morgan fingerprint density at radius 3 is 2.76 bits per heavy atom. The molecule has 0 fully saturated rings. The summed E-state index contributed by atoms with van der Waals surface area (Å²) >= 11 is 0. The lowest BCUT2D eigenvalue weighted by atomic mass is 10.1. The van der Waals surface area contributed by atoms with Gasteiger partial charge >= 0.3 is 0 Å². The highest BCUT2D eigenvalue weighted by Gasteiger charge is 2.24. The highest BCUT2D eigenvalue weighted by molar-refractivity contribution is 6.39. The number of rotatable bonds is 4. The number of carbonyl (C=O) groups excluding carboxylic acids is 2. The van der Waals surface area contributed by atoms with Crippen molar-refractivity contribution in [1.29, 1.82) is 0 Å². The second kappa shape index (κ2) is 6.39. The molecule has 1 aliphatic rings. The molecule has 0 saturated heterocycles. The van der Waals surface area contributed by atoms with Crippen molar-refractivity contribution in [2.75, 3.05) is 21.2 Å². The summed E-state index contributed by atoms with van der Waals surface area (Å²) in [4.78, 5) is 25.3. The monoisotopic (exact) mass is 289 g/mol. The molecule has 0 spiro atoms. The van der Waals surface area contributed by atoms with Gasteiger partial charge in [0.25, 0.3) is 5.91 Å². The fourth-order valence-electron chi connectivity index (χ4n) is 2.20. The predicted octanol–water partition coefficient (Wildman–Crippen LogP) is 1.26. The van der Waals surface area contributed by atoms with Crippen LogP contribution in [0.1, 0.15) is 18.4 Å². The van der Waals surface area contributed by atoms with E-state index in [1.807, 2.05) is 24.3 Å². The van der Waals surface area contributed by atoms with Crippen LogP contribution in [0.3, 0.4) is 0 Å². The largest absolute Gasteiger partial charge is 0.496 e. The summed E-state index contributed by atoms with van der Waals surface area (Å²) in [6.45, 7) is 0.430. The molecular weight excluding hydrogens is 270 g/mol. The van der Waals surface area contributed by atoms with Gasteiger partial charge in [0.1, 0.15) is 11.5 Å². The summed E-state index contributed by atoms with van der Waals surface area (Å²) in [5.41, 5.74) is 1.34. The van der Waals surface area contributed by atoms with E-state index < -0.39 is 0 Å². The first-order valence-electron chi connectivity index (χ1n) is 6.74. The Morgan fingerprint density at radius 1 is 1.38 bits per heavy atom. The van der Waals surface area contributed by atoms with Gasteiger partial charge in [-0.2, -0.15) is 5.10 Å². The third-order valence-electron chi connectivity index (χ3n) is 3.40. The topological polar surface area (TPSA) is 62.2 Å². The Labute approximate surface area is 124 Å². The van der Waals surface area contributed by atoms with Gasteiger partial charge in [-0.25, -0.2) is 5.01 Å². The maximum absolute atomic E-state index is 12.4. The van der Waals surface area contributed by atoms with Crippen LogP contribution in [-0.2, 0) is 16.1 Å². The van der Waals surface area contributed by atoms with Crippen molar-refractivity contribution in [3.8, 4) is 5.75 Å². The molecular formula is C15H19N3O3. The van der Waals surface area contributed by atoms with E-state index in [1.165, 1.54) is 5.01 Å². The SMILES string of the molecule is COc1ccccc1CN(C)C(=O)C1=NN(C)C(=O)CC1. The van der Waals surface area contributed by atoms with Crippen LogP contribution in [0.5, 0.6) is 5.75 Å². The number of hydrazone groups is 1. The lowest BCUT2D eigenvalue weighted by Gasteiger charge is -2.23. The van der Waals surface area contributed by atoms with Crippen molar-refractivity contribution in [2.45, 2.75) is 19.4 Å². The molecule has 2 rings (SSSR count). The van der Waals surface area contributed by atoms with Crippen LogP contribution in [0.2, 0.25) is 0 Å². The smallest absolute Gasteiger partial charge is 0.270 e. The standard InChI is InChI=1S/C15H19N3O3/c1-17(10-11-6-4-5-7-13(11)21-3)15(20)12-8-9-14(19)18(2)16-12/h4-7H,8-10H2,1-3H3. The van der Waals surface area contributed by atoms with Crippen molar-refractivity contribution in [3.05, 3.63) is 29.8 Å². The van der Waals surface area contributed by atoms with Gasteiger partial charge in [-0.15, -0.1) is 0 Å². The minimum atomic E-state index is -0.166. The van der Waals surface area contributed by atoms with Crippen LogP contribution in [0, 0.1) is 0 Å². The molecule has 0 radical (unpaired) electrons. The molecule has 0 saturated carbocycles. The number of hydrogen-bond acceptors (Lipinski definition) is 4. The van der Waals surface area contributed by atoms with Crippen molar-refractivity contribution in [3.63, 3.8) is 0 Å². The summed E-state index contributed by atoms with van der Waals surface area (Å²) in [5, 5.41) is 5.28. The van der Waals surface area contributed by atoms with Gasteiger partial charge in [-0.05, 0) is 6.07 Å². The Balaban J connectivity index is 2.10. The maximum Gasteiger partial charge on any atom is 0.270 e. The van der Waals surface area contributed by atoms with E-state index in [0.29, 0.717) is 25.1 Å². The number of carbonyl (C=O) groups is 2. The quantitative estimate of drug-likeness (QED) is 0.838. The molecule has 0 unspecified atom stereocenters. The third kappa shape index (κ3) is 3.39. The molecule has 1 heterocycles. The lowest BCUT2D eigenvalue weighted by Crippen LogP contribution is -2.38. The van der Waals surface area contributed by atoms with E-state index in [4.69, 9.17) is 4.74 Å². The van der Waals surface area contributed by atoms with Gasteiger partial charge in [0.2, 0.25) is 5.91 Å².